The van der Waals surface area contributed by atoms with Crippen molar-refractivity contribution < 1.29 is 48.6 Å². The fourth-order valence-corrected chi connectivity index (χ4v) is 6.60. The maximum atomic E-state index is 14.1. The quantitative estimate of drug-likeness (QED) is 0.0435. The number of carbonyl (C=O) groups is 8. The van der Waals surface area contributed by atoms with Crippen molar-refractivity contribution in [2.45, 2.75) is 148 Å². The largest absolute Gasteiger partial charge is 0.481 e. The van der Waals surface area contributed by atoms with Crippen LogP contribution in [0, 0.1) is 17.8 Å². The minimum Gasteiger partial charge on any atom is -0.481 e. The average molecular weight is 889 g/mol. The lowest BCUT2D eigenvalue weighted by Gasteiger charge is -2.28. The van der Waals surface area contributed by atoms with Crippen LogP contribution >= 0.6 is 0 Å². The zero-order valence-corrected chi connectivity index (χ0v) is 37.1. The number of carbonyl (C=O) groups excluding carboxylic acids is 6. The average Bonchev–Trinajstić information content (AvgIpc) is 3.92. The second-order valence-electron chi connectivity index (χ2n) is 17.0. The summed E-state index contributed by atoms with van der Waals surface area (Å²) in [5, 5.41) is 35.0. The van der Waals surface area contributed by atoms with E-state index in [2.05, 4.69) is 51.8 Å². The van der Waals surface area contributed by atoms with Crippen molar-refractivity contribution in [3.63, 3.8) is 0 Å². The maximum absolute atomic E-state index is 14.1. The molecule has 6 amide bonds. The summed E-state index contributed by atoms with van der Waals surface area (Å²) in [5.74, 6) is -7.44. The van der Waals surface area contributed by atoms with Crippen LogP contribution in [0.5, 0.6) is 0 Å². The Kier molecular flexibility index (Phi) is 23.0. The van der Waals surface area contributed by atoms with Gasteiger partial charge < -0.3 is 63.5 Å². The number of aromatic nitrogens is 4. The molecule has 0 unspecified atom stereocenters. The summed E-state index contributed by atoms with van der Waals surface area (Å²) >= 11 is 0. The summed E-state index contributed by atoms with van der Waals surface area (Å²) in [7, 11) is 0. The number of hydrogen-bond acceptors (Lipinski definition) is 12. The molecule has 14 N–H and O–H groups in total. The molecule has 0 aromatic carbocycles. The number of amides is 6. The standard InChI is InChI=1S/C41H68N12O10/c1-22(2)13-27(43)35(56)50-32(16-25-18-44-20-46-25)39(60)48-28(10-11-34(54)55)36(57)51-30(14-23(3)4)37(58)52-31(15-24(5)6)38(59)53-33(17-26-19-45-21-47-26)40(61)49-29(41(62)63)9-7-8-12-42/h18-24,27-33H,7-17,42-43H2,1-6H3,(H,44,46)(H,45,47)(H,48,60)(H,49,61)(H,50,56)(H,51,57)(H,52,58)(H,53,59)(H,54,55)(H,62,63)/t27-,28-,29-,30-,31-,32-,33-/m0/s1. The maximum Gasteiger partial charge on any atom is 0.326 e. The van der Waals surface area contributed by atoms with Crippen molar-refractivity contribution in [2.24, 2.45) is 29.2 Å². The molecule has 2 aromatic rings. The third kappa shape index (κ3) is 20.2. The van der Waals surface area contributed by atoms with Gasteiger partial charge in [0.1, 0.15) is 36.3 Å². The lowest BCUT2D eigenvalue weighted by atomic mass is 9.99. The smallest absolute Gasteiger partial charge is 0.326 e. The molecule has 22 nitrogen and oxygen atoms in total. The van der Waals surface area contributed by atoms with Gasteiger partial charge in [-0.3, -0.25) is 33.6 Å². The first-order chi connectivity index (χ1) is 29.7. The normalized spacial score (nSPS) is 14.7. The number of aliphatic carboxylic acids is 2. The molecule has 63 heavy (non-hydrogen) atoms. The van der Waals surface area contributed by atoms with E-state index in [9.17, 15) is 48.6 Å². The number of nitrogens with two attached hydrogens (primary N) is 2. The molecule has 0 aliphatic carbocycles. The molecule has 0 aliphatic heterocycles. The van der Waals surface area contributed by atoms with Gasteiger partial charge in [-0.05, 0) is 69.2 Å². The van der Waals surface area contributed by atoms with E-state index in [1.54, 1.807) is 13.8 Å². The Bertz CT molecular complexity index is 1770. The van der Waals surface area contributed by atoms with Crippen molar-refractivity contribution in [3.8, 4) is 0 Å². The number of aromatic amines is 2. The fourth-order valence-electron chi connectivity index (χ4n) is 6.60. The molecule has 0 spiro atoms. The Labute approximate surface area is 367 Å². The molecule has 0 aliphatic rings. The van der Waals surface area contributed by atoms with E-state index >= 15 is 0 Å². The summed E-state index contributed by atoms with van der Waals surface area (Å²) in [4.78, 5) is 120. The number of H-pyrrole nitrogens is 2. The lowest BCUT2D eigenvalue weighted by molar-refractivity contribution is -0.142. The van der Waals surface area contributed by atoms with Crippen molar-refractivity contribution in [2.75, 3.05) is 6.54 Å². The Morgan fingerprint density at radius 1 is 0.556 bits per heavy atom. The van der Waals surface area contributed by atoms with E-state index in [-0.39, 0.29) is 56.3 Å². The van der Waals surface area contributed by atoms with Crippen LogP contribution in [0.15, 0.2) is 25.0 Å². The minimum atomic E-state index is -1.48. The number of carboxylic acids is 2. The molecule has 0 saturated heterocycles. The molecular weight excluding hydrogens is 821 g/mol. The number of rotatable bonds is 30. The third-order valence-electron chi connectivity index (χ3n) is 9.81. The van der Waals surface area contributed by atoms with Gasteiger partial charge in [0, 0.05) is 43.0 Å². The van der Waals surface area contributed by atoms with Gasteiger partial charge in [-0.1, -0.05) is 41.5 Å². The number of carboxylic acid groups (broad SMARTS) is 2. The molecular formula is C41H68N12O10. The topological polar surface area (TPSA) is 359 Å². The summed E-state index contributed by atoms with van der Waals surface area (Å²) in [6, 6.07) is -8.75. The predicted molar refractivity (Wildman–Crippen MR) is 230 cm³/mol. The first-order valence-electron chi connectivity index (χ1n) is 21.4. The highest BCUT2D eigenvalue weighted by atomic mass is 16.4. The van der Waals surface area contributed by atoms with E-state index < -0.39 is 96.1 Å². The summed E-state index contributed by atoms with van der Waals surface area (Å²) in [6.45, 7) is 11.3. The van der Waals surface area contributed by atoms with Gasteiger partial charge in [0.05, 0.1) is 18.7 Å². The molecule has 2 aromatic heterocycles. The van der Waals surface area contributed by atoms with Crippen LogP contribution in [-0.4, -0.2) is 126 Å². The summed E-state index contributed by atoms with van der Waals surface area (Å²) in [6.07, 6.45) is 6.14. The number of nitrogens with zero attached hydrogens (tertiary/aromatic N) is 2. The van der Waals surface area contributed by atoms with Crippen molar-refractivity contribution in [3.05, 3.63) is 36.4 Å². The van der Waals surface area contributed by atoms with E-state index in [4.69, 9.17) is 11.5 Å². The van der Waals surface area contributed by atoms with Gasteiger partial charge in [-0.2, -0.15) is 0 Å². The van der Waals surface area contributed by atoms with Crippen LogP contribution in [0.2, 0.25) is 0 Å². The fraction of sp³-hybridized carbons (Fsp3) is 0.659. The van der Waals surface area contributed by atoms with Gasteiger partial charge in [0.25, 0.3) is 0 Å². The molecule has 7 atom stereocenters. The van der Waals surface area contributed by atoms with Gasteiger partial charge in [-0.15, -0.1) is 0 Å². The molecule has 352 valence electrons. The Morgan fingerprint density at radius 2 is 0.952 bits per heavy atom. The highest BCUT2D eigenvalue weighted by Crippen LogP contribution is 2.13. The first kappa shape index (κ1) is 53.2. The van der Waals surface area contributed by atoms with Crippen LogP contribution in [0.25, 0.3) is 0 Å². The monoisotopic (exact) mass is 889 g/mol. The third-order valence-corrected chi connectivity index (χ3v) is 9.81. The van der Waals surface area contributed by atoms with E-state index in [0.717, 1.165) is 0 Å². The lowest BCUT2D eigenvalue weighted by Crippen LogP contribution is -2.60. The van der Waals surface area contributed by atoms with Crippen LogP contribution < -0.4 is 43.4 Å². The van der Waals surface area contributed by atoms with Crippen molar-refractivity contribution >= 4 is 47.4 Å². The highest BCUT2D eigenvalue weighted by Gasteiger charge is 2.35. The predicted octanol–water partition coefficient (Wildman–Crippen LogP) is -0.629. The summed E-state index contributed by atoms with van der Waals surface area (Å²) < 4.78 is 0. The van der Waals surface area contributed by atoms with Gasteiger partial charge in [0.15, 0.2) is 0 Å². The second kappa shape index (κ2) is 27.2. The van der Waals surface area contributed by atoms with Crippen LogP contribution in [0.1, 0.15) is 104 Å². The van der Waals surface area contributed by atoms with Gasteiger partial charge in [0.2, 0.25) is 35.4 Å². The number of hydrogen-bond donors (Lipinski definition) is 12. The van der Waals surface area contributed by atoms with Crippen LogP contribution in [0.3, 0.4) is 0 Å². The van der Waals surface area contributed by atoms with Crippen molar-refractivity contribution in [1.82, 2.24) is 51.8 Å². The van der Waals surface area contributed by atoms with E-state index in [0.29, 0.717) is 37.2 Å². The SMILES string of the molecule is CC(C)C[C@H](NC(=O)[C@H](CC(C)C)NC(=O)[C@H](CCC(=O)O)NC(=O)[C@H](Cc1cnc[nH]1)NC(=O)[C@@H](N)CC(C)C)C(=O)N[C@@H](Cc1cnc[nH]1)C(=O)N[C@@H](CCCCN)C(=O)O. The summed E-state index contributed by atoms with van der Waals surface area (Å²) in [5.41, 5.74) is 12.6. The Morgan fingerprint density at radius 3 is 1.35 bits per heavy atom. The van der Waals surface area contributed by atoms with E-state index in [1.807, 2.05) is 27.7 Å². The molecule has 0 bridgehead atoms. The Hall–Kier alpha value is -5.90. The number of imidazole rings is 2. The highest BCUT2D eigenvalue weighted by molar-refractivity contribution is 5.97. The van der Waals surface area contributed by atoms with Gasteiger partial charge in [-0.25, -0.2) is 14.8 Å². The van der Waals surface area contributed by atoms with Crippen LogP contribution in [-0.2, 0) is 51.2 Å². The zero-order chi connectivity index (χ0) is 47.2. The molecule has 0 saturated carbocycles. The number of unbranched alkanes of at least 4 members (excludes halogenated alkanes) is 1. The van der Waals surface area contributed by atoms with E-state index in [1.165, 1.54) is 25.0 Å². The van der Waals surface area contributed by atoms with Gasteiger partial charge >= 0.3 is 11.9 Å². The molecule has 0 radical (unpaired) electrons. The first-order valence-corrected chi connectivity index (χ1v) is 21.4. The minimum absolute atomic E-state index is 0.0605. The molecule has 0 fully saturated rings. The second-order valence-corrected chi connectivity index (χ2v) is 17.0. The molecule has 22 heteroatoms. The van der Waals surface area contributed by atoms with Crippen molar-refractivity contribution in [1.29, 1.82) is 0 Å². The Balaban J connectivity index is 2.37. The molecule has 2 rings (SSSR count). The number of nitrogens with one attached hydrogen (secondary N) is 8. The van der Waals surface area contributed by atoms with Crippen LogP contribution in [0.4, 0.5) is 0 Å². The zero-order valence-electron chi connectivity index (χ0n) is 37.1. The molecule has 2 heterocycles.